The van der Waals surface area contributed by atoms with Gasteiger partial charge in [0.25, 0.3) is 0 Å². The van der Waals surface area contributed by atoms with Crippen LogP contribution in [0.25, 0.3) is 0 Å². The standard InChI is InChI=1S/C18H15FO4/c19-14-3-1-2-12(10-14)15(20)5-6-16(21)13-4-7-17-18(11-13)23-9-8-22-17/h1-4,7,10-11H,5-6,8-9H2. The number of hydrogen-bond donors (Lipinski definition) is 0. The first-order valence-electron chi connectivity index (χ1n) is 7.35. The van der Waals surface area contributed by atoms with Crippen LogP contribution in [0.15, 0.2) is 42.5 Å². The predicted octanol–water partition coefficient (Wildman–Crippen LogP) is 3.44. The van der Waals surface area contributed by atoms with Crippen molar-refractivity contribution in [3.05, 3.63) is 59.4 Å². The number of fused-ring (bicyclic) bond motifs is 1. The Morgan fingerprint density at radius 3 is 2.22 bits per heavy atom. The SMILES string of the molecule is O=C(CCC(=O)c1ccc2c(c1)OCCO2)c1cccc(F)c1. The van der Waals surface area contributed by atoms with Crippen molar-refractivity contribution in [3.8, 4) is 11.5 Å². The lowest BCUT2D eigenvalue weighted by atomic mass is 10.0. The Balaban J connectivity index is 1.64. The summed E-state index contributed by atoms with van der Waals surface area (Å²) < 4.78 is 23.9. The van der Waals surface area contributed by atoms with Crippen molar-refractivity contribution in [2.45, 2.75) is 12.8 Å². The number of carbonyl (C=O) groups excluding carboxylic acids is 2. The molecule has 0 aliphatic carbocycles. The minimum absolute atomic E-state index is 0.0384. The maximum Gasteiger partial charge on any atom is 0.163 e. The molecule has 4 nitrogen and oxygen atoms in total. The van der Waals surface area contributed by atoms with Crippen molar-refractivity contribution >= 4 is 11.6 Å². The van der Waals surface area contributed by atoms with Gasteiger partial charge in [0.2, 0.25) is 0 Å². The topological polar surface area (TPSA) is 52.6 Å². The zero-order valence-corrected chi connectivity index (χ0v) is 12.4. The minimum Gasteiger partial charge on any atom is -0.486 e. The monoisotopic (exact) mass is 314 g/mol. The van der Waals surface area contributed by atoms with Crippen LogP contribution in [0.2, 0.25) is 0 Å². The lowest BCUT2D eigenvalue weighted by Gasteiger charge is -2.18. The van der Waals surface area contributed by atoms with E-state index in [1.807, 2.05) is 0 Å². The van der Waals surface area contributed by atoms with Gasteiger partial charge >= 0.3 is 0 Å². The highest BCUT2D eigenvalue weighted by molar-refractivity contribution is 6.02. The second kappa shape index (κ2) is 6.60. The number of benzene rings is 2. The van der Waals surface area contributed by atoms with Crippen LogP contribution < -0.4 is 9.47 Å². The van der Waals surface area contributed by atoms with Crippen LogP contribution in [-0.4, -0.2) is 24.8 Å². The van der Waals surface area contributed by atoms with Crippen LogP contribution in [0.5, 0.6) is 11.5 Å². The largest absolute Gasteiger partial charge is 0.486 e. The van der Waals surface area contributed by atoms with Gasteiger partial charge in [0.1, 0.15) is 19.0 Å². The maximum atomic E-state index is 13.1. The zero-order chi connectivity index (χ0) is 16.2. The third kappa shape index (κ3) is 3.56. The lowest BCUT2D eigenvalue weighted by molar-refractivity contribution is 0.0916. The van der Waals surface area contributed by atoms with E-state index in [0.29, 0.717) is 30.3 Å². The molecule has 1 aliphatic heterocycles. The van der Waals surface area contributed by atoms with Crippen LogP contribution in [-0.2, 0) is 0 Å². The van der Waals surface area contributed by atoms with Crippen LogP contribution in [0, 0.1) is 5.82 Å². The molecule has 0 spiro atoms. The molecule has 0 N–H and O–H groups in total. The molecule has 23 heavy (non-hydrogen) atoms. The average Bonchev–Trinajstić information content (AvgIpc) is 2.59. The van der Waals surface area contributed by atoms with Gasteiger partial charge in [-0.25, -0.2) is 4.39 Å². The van der Waals surface area contributed by atoms with E-state index in [2.05, 4.69) is 0 Å². The van der Waals surface area contributed by atoms with E-state index >= 15 is 0 Å². The van der Waals surface area contributed by atoms with E-state index in [-0.39, 0.29) is 30.0 Å². The van der Waals surface area contributed by atoms with Gasteiger partial charge in [-0.2, -0.15) is 0 Å². The zero-order valence-electron chi connectivity index (χ0n) is 12.4. The molecular formula is C18H15FO4. The molecule has 118 valence electrons. The molecule has 0 amide bonds. The number of ketones is 2. The molecule has 1 aliphatic rings. The second-order valence-corrected chi connectivity index (χ2v) is 5.22. The van der Waals surface area contributed by atoms with Gasteiger partial charge in [-0.1, -0.05) is 12.1 Å². The van der Waals surface area contributed by atoms with Crippen molar-refractivity contribution < 1.29 is 23.5 Å². The summed E-state index contributed by atoms with van der Waals surface area (Å²) in [7, 11) is 0. The molecular weight excluding hydrogens is 299 g/mol. The summed E-state index contributed by atoms with van der Waals surface area (Å²) in [6.45, 7) is 0.936. The van der Waals surface area contributed by atoms with Crippen LogP contribution in [0.1, 0.15) is 33.6 Å². The summed E-state index contributed by atoms with van der Waals surface area (Å²) in [4.78, 5) is 24.2. The molecule has 5 heteroatoms. The van der Waals surface area contributed by atoms with Crippen LogP contribution >= 0.6 is 0 Å². The van der Waals surface area contributed by atoms with Gasteiger partial charge in [0.05, 0.1) is 0 Å². The fourth-order valence-corrected chi connectivity index (χ4v) is 2.39. The van der Waals surface area contributed by atoms with Gasteiger partial charge in [-0.05, 0) is 30.3 Å². The van der Waals surface area contributed by atoms with E-state index < -0.39 is 5.82 Å². The molecule has 2 aromatic carbocycles. The predicted molar refractivity (Wildman–Crippen MR) is 81.7 cm³/mol. The molecule has 0 bridgehead atoms. The number of carbonyl (C=O) groups is 2. The first-order valence-corrected chi connectivity index (χ1v) is 7.35. The fourth-order valence-electron chi connectivity index (χ4n) is 2.39. The van der Waals surface area contributed by atoms with Gasteiger partial charge in [-0.15, -0.1) is 0 Å². The van der Waals surface area contributed by atoms with Crippen LogP contribution in [0.3, 0.4) is 0 Å². The fraction of sp³-hybridized carbons (Fsp3) is 0.222. The highest BCUT2D eigenvalue weighted by Crippen LogP contribution is 2.31. The first-order chi connectivity index (χ1) is 11.1. The number of hydrogen-bond acceptors (Lipinski definition) is 4. The summed E-state index contributed by atoms with van der Waals surface area (Å²) in [5, 5.41) is 0. The molecule has 0 unspecified atom stereocenters. The Morgan fingerprint density at radius 2 is 1.52 bits per heavy atom. The number of rotatable bonds is 5. The van der Waals surface area contributed by atoms with Gasteiger partial charge in [0, 0.05) is 24.0 Å². The molecule has 0 fully saturated rings. The Kier molecular flexibility index (Phi) is 4.37. The van der Waals surface area contributed by atoms with E-state index in [1.165, 1.54) is 18.2 Å². The van der Waals surface area contributed by atoms with Crippen molar-refractivity contribution in [3.63, 3.8) is 0 Å². The third-order valence-corrected chi connectivity index (χ3v) is 3.59. The van der Waals surface area contributed by atoms with Crippen molar-refractivity contribution in [1.29, 1.82) is 0 Å². The van der Waals surface area contributed by atoms with E-state index in [1.54, 1.807) is 24.3 Å². The number of halogens is 1. The van der Waals surface area contributed by atoms with Gasteiger partial charge in [-0.3, -0.25) is 9.59 Å². The molecule has 0 atom stereocenters. The normalized spacial score (nSPS) is 12.7. The first kappa shape index (κ1) is 15.2. The molecule has 3 rings (SSSR count). The summed E-state index contributed by atoms with van der Waals surface area (Å²) in [6.07, 6.45) is 0.103. The highest BCUT2D eigenvalue weighted by atomic mass is 19.1. The molecule has 0 aromatic heterocycles. The molecule has 0 saturated heterocycles. The second-order valence-electron chi connectivity index (χ2n) is 5.22. The molecule has 0 radical (unpaired) electrons. The molecule has 2 aromatic rings. The van der Waals surface area contributed by atoms with E-state index in [0.717, 1.165) is 0 Å². The summed E-state index contributed by atoms with van der Waals surface area (Å²) in [5.41, 5.74) is 0.751. The Morgan fingerprint density at radius 1 is 0.870 bits per heavy atom. The van der Waals surface area contributed by atoms with E-state index in [9.17, 15) is 14.0 Å². The van der Waals surface area contributed by atoms with Gasteiger partial charge in [0.15, 0.2) is 23.1 Å². The Hall–Kier alpha value is -2.69. The smallest absolute Gasteiger partial charge is 0.163 e. The highest BCUT2D eigenvalue weighted by Gasteiger charge is 2.16. The number of Topliss-reactive ketones (excluding diaryl/α,β-unsaturated/α-hetero) is 2. The summed E-state index contributed by atoms with van der Waals surface area (Å²) in [5.74, 6) is 0.276. The maximum absolute atomic E-state index is 13.1. The van der Waals surface area contributed by atoms with Crippen molar-refractivity contribution in [2.24, 2.45) is 0 Å². The molecule has 1 heterocycles. The Bertz CT molecular complexity index is 754. The lowest BCUT2D eigenvalue weighted by Crippen LogP contribution is -2.16. The summed E-state index contributed by atoms with van der Waals surface area (Å²) in [6, 6.07) is 10.4. The van der Waals surface area contributed by atoms with E-state index in [4.69, 9.17) is 9.47 Å². The van der Waals surface area contributed by atoms with Crippen molar-refractivity contribution in [1.82, 2.24) is 0 Å². The molecule has 0 saturated carbocycles. The Labute approximate surface area is 132 Å². The third-order valence-electron chi connectivity index (χ3n) is 3.59. The quantitative estimate of drug-likeness (QED) is 0.793. The number of ether oxygens (including phenoxy) is 2. The van der Waals surface area contributed by atoms with Crippen LogP contribution in [0.4, 0.5) is 4.39 Å². The average molecular weight is 314 g/mol. The van der Waals surface area contributed by atoms with Crippen molar-refractivity contribution in [2.75, 3.05) is 13.2 Å². The summed E-state index contributed by atoms with van der Waals surface area (Å²) >= 11 is 0. The minimum atomic E-state index is -0.464. The van der Waals surface area contributed by atoms with Gasteiger partial charge < -0.3 is 9.47 Å².